The molecule has 2 aromatic rings. The lowest BCUT2D eigenvalue weighted by Crippen LogP contribution is -2.40. The van der Waals surface area contributed by atoms with Crippen molar-refractivity contribution in [3.8, 4) is 11.8 Å². The van der Waals surface area contributed by atoms with E-state index in [1.807, 2.05) is 10.8 Å². The molecule has 124 valence electrons. The highest BCUT2D eigenvalue weighted by Crippen LogP contribution is 2.14. The van der Waals surface area contributed by atoms with E-state index in [2.05, 4.69) is 4.98 Å². The molecule has 1 N–H and O–H groups in total. The Bertz CT molecular complexity index is 874. The minimum atomic E-state index is -4.07. The standard InChI is InChI=1S/C15H12ClN3O4S/c1-10(23-12-4-2-11(8-17)3-5-12)15(20)19-24(21,22)13-6-7-14(16)18-9-13/h2-7,9-10H,1H3,(H,19,20)/t10-/m0/s1. The van der Waals surface area contributed by atoms with Gasteiger partial charge in [-0.2, -0.15) is 5.26 Å². The Morgan fingerprint density at radius 1 is 1.29 bits per heavy atom. The fourth-order valence-corrected chi connectivity index (χ4v) is 2.76. The molecule has 0 fully saturated rings. The van der Waals surface area contributed by atoms with Crippen LogP contribution in [-0.4, -0.2) is 25.4 Å². The molecule has 0 saturated heterocycles. The zero-order chi connectivity index (χ0) is 17.7. The van der Waals surface area contributed by atoms with Gasteiger partial charge >= 0.3 is 0 Å². The van der Waals surface area contributed by atoms with Crippen molar-refractivity contribution in [2.75, 3.05) is 0 Å². The molecule has 0 radical (unpaired) electrons. The lowest BCUT2D eigenvalue weighted by atomic mass is 10.2. The zero-order valence-electron chi connectivity index (χ0n) is 12.4. The number of aromatic nitrogens is 1. The third-order valence-electron chi connectivity index (χ3n) is 2.91. The summed E-state index contributed by atoms with van der Waals surface area (Å²) in [6, 6.07) is 10.6. The van der Waals surface area contributed by atoms with Crippen molar-refractivity contribution < 1.29 is 17.9 Å². The second kappa shape index (κ2) is 7.29. The Hall–Kier alpha value is -2.63. The molecule has 0 aliphatic carbocycles. The molecule has 0 unspecified atom stereocenters. The highest BCUT2D eigenvalue weighted by Gasteiger charge is 2.23. The van der Waals surface area contributed by atoms with Gasteiger partial charge in [0.25, 0.3) is 15.9 Å². The smallest absolute Gasteiger partial charge is 0.274 e. The number of halogens is 1. The molecule has 7 nitrogen and oxygen atoms in total. The normalized spacial score (nSPS) is 12.0. The molecule has 9 heteroatoms. The summed E-state index contributed by atoms with van der Waals surface area (Å²) >= 11 is 5.60. The van der Waals surface area contributed by atoms with E-state index in [-0.39, 0.29) is 10.0 Å². The fourth-order valence-electron chi connectivity index (χ4n) is 1.66. The quantitative estimate of drug-likeness (QED) is 0.810. The number of nitrogens with zero attached hydrogens (tertiary/aromatic N) is 2. The number of sulfonamides is 1. The van der Waals surface area contributed by atoms with Crippen LogP contribution >= 0.6 is 11.6 Å². The number of nitrogens with one attached hydrogen (secondary N) is 1. The van der Waals surface area contributed by atoms with Crippen molar-refractivity contribution in [1.29, 1.82) is 5.26 Å². The summed E-state index contributed by atoms with van der Waals surface area (Å²) in [6.45, 7) is 1.41. The molecule has 0 spiro atoms. The summed E-state index contributed by atoms with van der Waals surface area (Å²) in [5.41, 5.74) is 0.442. The summed E-state index contributed by atoms with van der Waals surface area (Å²) < 4.78 is 31.4. The predicted molar refractivity (Wildman–Crippen MR) is 85.8 cm³/mol. The molecule has 0 saturated carbocycles. The van der Waals surface area contributed by atoms with Crippen molar-refractivity contribution in [3.63, 3.8) is 0 Å². The summed E-state index contributed by atoms with van der Waals surface area (Å²) in [6.07, 6.45) is -0.0163. The Morgan fingerprint density at radius 3 is 2.50 bits per heavy atom. The van der Waals surface area contributed by atoms with Crippen LogP contribution in [0.3, 0.4) is 0 Å². The summed E-state index contributed by atoms with van der Waals surface area (Å²) in [5, 5.41) is 8.85. The Labute approximate surface area is 143 Å². The SMILES string of the molecule is C[C@H](Oc1ccc(C#N)cc1)C(=O)NS(=O)(=O)c1ccc(Cl)nc1. The second-order valence-electron chi connectivity index (χ2n) is 4.68. The van der Waals surface area contributed by atoms with E-state index in [9.17, 15) is 13.2 Å². The lowest BCUT2D eigenvalue weighted by Gasteiger charge is -2.14. The molecule has 24 heavy (non-hydrogen) atoms. The molecule has 1 aromatic carbocycles. The highest BCUT2D eigenvalue weighted by atomic mass is 35.5. The van der Waals surface area contributed by atoms with Gasteiger partial charge in [-0.3, -0.25) is 4.79 Å². The van der Waals surface area contributed by atoms with Crippen molar-refractivity contribution in [1.82, 2.24) is 9.71 Å². The minimum absolute atomic E-state index is 0.137. The highest BCUT2D eigenvalue weighted by molar-refractivity contribution is 7.90. The molecule has 1 heterocycles. The molecular formula is C15H12ClN3O4S. The Kier molecular flexibility index (Phi) is 5.39. The average molecular weight is 366 g/mol. The average Bonchev–Trinajstić information content (AvgIpc) is 2.55. The third-order valence-corrected chi connectivity index (χ3v) is 4.47. The number of benzene rings is 1. The van der Waals surface area contributed by atoms with Gasteiger partial charge < -0.3 is 4.74 Å². The first-order valence-electron chi connectivity index (χ1n) is 6.67. The van der Waals surface area contributed by atoms with E-state index in [1.165, 1.54) is 43.3 Å². The van der Waals surface area contributed by atoms with Crippen molar-refractivity contribution >= 4 is 27.5 Å². The van der Waals surface area contributed by atoms with Crippen LogP contribution in [-0.2, 0) is 14.8 Å². The maximum absolute atomic E-state index is 12.1. The van der Waals surface area contributed by atoms with E-state index in [0.29, 0.717) is 11.3 Å². The van der Waals surface area contributed by atoms with Gasteiger partial charge in [0, 0.05) is 6.20 Å². The number of rotatable bonds is 5. The van der Waals surface area contributed by atoms with Gasteiger partial charge in [0.1, 0.15) is 15.8 Å². The van der Waals surface area contributed by atoms with E-state index in [0.717, 1.165) is 6.20 Å². The third kappa shape index (κ3) is 4.44. The van der Waals surface area contributed by atoms with Crippen LogP contribution < -0.4 is 9.46 Å². The van der Waals surface area contributed by atoms with E-state index < -0.39 is 22.0 Å². The van der Waals surface area contributed by atoms with Crippen LogP contribution in [0.1, 0.15) is 12.5 Å². The van der Waals surface area contributed by atoms with Crippen molar-refractivity contribution in [2.24, 2.45) is 0 Å². The maximum Gasteiger partial charge on any atom is 0.274 e. The molecule has 0 aliphatic heterocycles. The first kappa shape index (κ1) is 17.7. The maximum atomic E-state index is 12.1. The van der Waals surface area contributed by atoms with E-state index in [1.54, 1.807) is 0 Å². The summed E-state index contributed by atoms with van der Waals surface area (Å²) in [7, 11) is -4.07. The first-order valence-corrected chi connectivity index (χ1v) is 8.53. The Balaban J connectivity index is 2.05. The molecule has 0 bridgehead atoms. The zero-order valence-corrected chi connectivity index (χ0v) is 14.0. The van der Waals surface area contributed by atoms with Gasteiger partial charge in [-0.1, -0.05) is 11.6 Å². The van der Waals surface area contributed by atoms with Gasteiger partial charge in [0.2, 0.25) is 0 Å². The number of carbonyl (C=O) groups excluding carboxylic acids is 1. The summed E-state index contributed by atoms with van der Waals surface area (Å²) in [5.74, 6) is -0.503. The van der Waals surface area contributed by atoms with Gasteiger partial charge in [-0.05, 0) is 43.3 Å². The number of amides is 1. The monoisotopic (exact) mass is 365 g/mol. The van der Waals surface area contributed by atoms with Crippen molar-refractivity contribution in [2.45, 2.75) is 17.9 Å². The van der Waals surface area contributed by atoms with Crippen LogP contribution in [0.15, 0.2) is 47.5 Å². The molecular weight excluding hydrogens is 354 g/mol. The topological polar surface area (TPSA) is 109 Å². The number of carbonyl (C=O) groups is 1. The largest absolute Gasteiger partial charge is 0.481 e. The lowest BCUT2D eigenvalue weighted by molar-refractivity contribution is -0.125. The van der Waals surface area contributed by atoms with Crippen LogP contribution in [0, 0.1) is 11.3 Å². The van der Waals surface area contributed by atoms with Crippen LogP contribution in [0.25, 0.3) is 0 Å². The molecule has 0 aliphatic rings. The van der Waals surface area contributed by atoms with Crippen LogP contribution in [0.4, 0.5) is 0 Å². The fraction of sp³-hybridized carbons (Fsp3) is 0.133. The van der Waals surface area contributed by atoms with E-state index >= 15 is 0 Å². The number of hydrogen-bond acceptors (Lipinski definition) is 6. The van der Waals surface area contributed by atoms with Crippen LogP contribution in [0.2, 0.25) is 5.15 Å². The van der Waals surface area contributed by atoms with Gasteiger partial charge in [0.15, 0.2) is 6.10 Å². The second-order valence-corrected chi connectivity index (χ2v) is 6.75. The van der Waals surface area contributed by atoms with Gasteiger partial charge in [0.05, 0.1) is 11.6 Å². The molecule has 1 amide bonds. The first-order chi connectivity index (χ1) is 11.3. The number of hydrogen-bond donors (Lipinski definition) is 1. The summed E-state index contributed by atoms with van der Waals surface area (Å²) in [4.78, 5) is 15.5. The van der Waals surface area contributed by atoms with E-state index in [4.69, 9.17) is 21.6 Å². The number of pyridine rings is 1. The molecule has 2 rings (SSSR count). The number of ether oxygens (including phenoxy) is 1. The molecule has 1 atom stereocenters. The van der Waals surface area contributed by atoms with Gasteiger partial charge in [-0.15, -0.1) is 0 Å². The van der Waals surface area contributed by atoms with Crippen LogP contribution in [0.5, 0.6) is 5.75 Å². The minimum Gasteiger partial charge on any atom is -0.481 e. The predicted octanol–water partition coefficient (Wildman–Crippen LogP) is 1.88. The van der Waals surface area contributed by atoms with Gasteiger partial charge in [-0.25, -0.2) is 18.1 Å². The molecule has 1 aromatic heterocycles. The van der Waals surface area contributed by atoms with Crippen molar-refractivity contribution in [3.05, 3.63) is 53.3 Å². The Morgan fingerprint density at radius 2 is 1.96 bits per heavy atom. The number of nitriles is 1.